The van der Waals surface area contributed by atoms with Gasteiger partial charge in [-0.2, -0.15) is 0 Å². The summed E-state index contributed by atoms with van der Waals surface area (Å²) >= 11 is 7.22. The summed E-state index contributed by atoms with van der Waals surface area (Å²) in [6.07, 6.45) is 3.59. The Labute approximate surface area is 87.7 Å². The molecule has 0 fully saturated rings. The Morgan fingerprint density at radius 1 is 1.31 bits per heavy atom. The van der Waals surface area contributed by atoms with E-state index in [0.717, 1.165) is 12.4 Å². The average molecular weight is 218 g/mol. The molecule has 72 valence electrons. The second kappa shape index (κ2) is 7.18. The molecule has 0 aliphatic rings. The Morgan fingerprint density at radius 3 is 2.77 bits per heavy atom. The molecule has 1 rings (SSSR count). The third kappa shape index (κ3) is 5.13. The molecular formula is C9H12ClNOS. The highest BCUT2D eigenvalue weighted by Gasteiger charge is 1.92. The van der Waals surface area contributed by atoms with Crippen molar-refractivity contribution in [3.63, 3.8) is 0 Å². The summed E-state index contributed by atoms with van der Waals surface area (Å²) in [5, 5.41) is 0. The van der Waals surface area contributed by atoms with Crippen molar-refractivity contribution in [2.24, 2.45) is 0 Å². The zero-order valence-electron chi connectivity index (χ0n) is 7.28. The fourth-order valence-electron chi connectivity index (χ4n) is 0.810. The maximum Gasteiger partial charge on any atom is 0.0602 e. The molecule has 4 heteroatoms. The molecule has 0 atom stereocenters. The first-order chi connectivity index (χ1) is 6.43. The SMILES string of the molecule is ClCCOCCSc1ccncc1. The molecule has 0 aliphatic carbocycles. The summed E-state index contributed by atoms with van der Waals surface area (Å²) in [7, 11) is 0. The van der Waals surface area contributed by atoms with Gasteiger partial charge in [-0.1, -0.05) is 0 Å². The van der Waals surface area contributed by atoms with Crippen LogP contribution in [0.4, 0.5) is 0 Å². The number of rotatable bonds is 6. The van der Waals surface area contributed by atoms with Crippen molar-refractivity contribution in [2.45, 2.75) is 4.90 Å². The first kappa shape index (κ1) is 10.8. The van der Waals surface area contributed by atoms with E-state index in [-0.39, 0.29) is 0 Å². The number of nitrogens with zero attached hydrogens (tertiary/aromatic N) is 1. The zero-order chi connectivity index (χ0) is 9.36. The van der Waals surface area contributed by atoms with E-state index in [1.54, 1.807) is 24.2 Å². The summed E-state index contributed by atoms with van der Waals surface area (Å²) < 4.78 is 5.24. The van der Waals surface area contributed by atoms with E-state index in [4.69, 9.17) is 16.3 Å². The van der Waals surface area contributed by atoms with Gasteiger partial charge in [-0.25, -0.2) is 0 Å². The number of halogens is 1. The molecule has 0 unspecified atom stereocenters. The third-order valence-corrected chi connectivity index (χ3v) is 2.50. The standard InChI is InChI=1S/C9H12ClNOS/c10-3-6-12-7-8-13-9-1-4-11-5-2-9/h1-2,4-5H,3,6-8H2. The van der Waals surface area contributed by atoms with Crippen molar-refractivity contribution in [1.82, 2.24) is 4.98 Å². The molecular weight excluding hydrogens is 206 g/mol. The number of hydrogen-bond donors (Lipinski definition) is 0. The van der Waals surface area contributed by atoms with Gasteiger partial charge >= 0.3 is 0 Å². The van der Waals surface area contributed by atoms with Crippen molar-refractivity contribution < 1.29 is 4.74 Å². The summed E-state index contributed by atoms with van der Waals surface area (Å²) in [6, 6.07) is 3.98. The molecule has 0 aromatic carbocycles. The van der Waals surface area contributed by atoms with Gasteiger partial charge in [-0.05, 0) is 12.1 Å². The Balaban J connectivity index is 2.07. The average Bonchev–Trinajstić information content (AvgIpc) is 2.19. The molecule has 13 heavy (non-hydrogen) atoms. The van der Waals surface area contributed by atoms with Crippen molar-refractivity contribution >= 4 is 23.4 Å². The van der Waals surface area contributed by atoms with Gasteiger partial charge in [0.15, 0.2) is 0 Å². The number of alkyl halides is 1. The zero-order valence-corrected chi connectivity index (χ0v) is 8.85. The largest absolute Gasteiger partial charge is 0.379 e. The maximum atomic E-state index is 5.46. The van der Waals surface area contributed by atoms with Crippen molar-refractivity contribution in [3.05, 3.63) is 24.5 Å². The normalized spacial score (nSPS) is 10.2. The van der Waals surface area contributed by atoms with E-state index in [2.05, 4.69) is 4.98 Å². The molecule has 1 heterocycles. The highest BCUT2D eigenvalue weighted by molar-refractivity contribution is 7.99. The number of hydrogen-bond acceptors (Lipinski definition) is 3. The summed E-state index contributed by atoms with van der Waals surface area (Å²) in [5.41, 5.74) is 0. The van der Waals surface area contributed by atoms with Gasteiger partial charge in [0.05, 0.1) is 13.2 Å². The van der Waals surface area contributed by atoms with Crippen LogP contribution in [0, 0.1) is 0 Å². The molecule has 0 saturated carbocycles. The van der Waals surface area contributed by atoms with E-state index in [9.17, 15) is 0 Å². The highest BCUT2D eigenvalue weighted by Crippen LogP contribution is 2.15. The van der Waals surface area contributed by atoms with Crippen LogP contribution in [0.1, 0.15) is 0 Å². The smallest absolute Gasteiger partial charge is 0.0602 e. The predicted octanol–water partition coefficient (Wildman–Crippen LogP) is 2.43. The lowest BCUT2D eigenvalue weighted by Crippen LogP contribution is -1.99. The Bertz CT molecular complexity index is 220. The molecule has 0 spiro atoms. The first-order valence-electron chi connectivity index (χ1n) is 4.10. The Morgan fingerprint density at radius 2 is 2.08 bits per heavy atom. The summed E-state index contributed by atoms with van der Waals surface area (Å²) in [5.74, 6) is 1.53. The molecule has 0 aliphatic heterocycles. The molecule has 2 nitrogen and oxygen atoms in total. The van der Waals surface area contributed by atoms with Gasteiger partial charge in [-0.3, -0.25) is 4.98 Å². The maximum absolute atomic E-state index is 5.46. The summed E-state index contributed by atoms with van der Waals surface area (Å²) in [4.78, 5) is 5.17. The van der Waals surface area contributed by atoms with E-state index >= 15 is 0 Å². The highest BCUT2D eigenvalue weighted by atomic mass is 35.5. The van der Waals surface area contributed by atoms with Crippen LogP contribution in [0.5, 0.6) is 0 Å². The number of pyridine rings is 1. The lowest BCUT2D eigenvalue weighted by atomic mass is 10.5. The van der Waals surface area contributed by atoms with Crippen LogP contribution in [0.2, 0.25) is 0 Å². The van der Waals surface area contributed by atoms with Gasteiger partial charge in [-0.15, -0.1) is 23.4 Å². The van der Waals surface area contributed by atoms with Crippen LogP contribution < -0.4 is 0 Å². The quantitative estimate of drug-likeness (QED) is 0.415. The number of thioether (sulfide) groups is 1. The minimum Gasteiger partial charge on any atom is -0.379 e. The number of ether oxygens (including phenoxy) is 1. The molecule has 1 aromatic rings. The predicted molar refractivity (Wildman–Crippen MR) is 56.5 cm³/mol. The minimum atomic E-state index is 0.569. The van der Waals surface area contributed by atoms with Crippen LogP contribution in [-0.4, -0.2) is 29.8 Å². The minimum absolute atomic E-state index is 0.569. The van der Waals surface area contributed by atoms with E-state index in [1.807, 2.05) is 12.1 Å². The van der Waals surface area contributed by atoms with E-state index < -0.39 is 0 Å². The van der Waals surface area contributed by atoms with Crippen LogP contribution in [0.15, 0.2) is 29.4 Å². The lowest BCUT2D eigenvalue weighted by Gasteiger charge is -2.01. The topological polar surface area (TPSA) is 22.1 Å². The van der Waals surface area contributed by atoms with E-state index in [1.165, 1.54) is 4.90 Å². The van der Waals surface area contributed by atoms with Gasteiger partial charge in [0.25, 0.3) is 0 Å². The van der Waals surface area contributed by atoms with Crippen LogP contribution in [0.3, 0.4) is 0 Å². The van der Waals surface area contributed by atoms with Crippen LogP contribution >= 0.6 is 23.4 Å². The fraction of sp³-hybridized carbons (Fsp3) is 0.444. The third-order valence-electron chi connectivity index (χ3n) is 1.37. The Kier molecular flexibility index (Phi) is 5.98. The molecule has 0 amide bonds. The van der Waals surface area contributed by atoms with Crippen LogP contribution in [-0.2, 0) is 4.74 Å². The van der Waals surface area contributed by atoms with Gasteiger partial charge < -0.3 is 4.74 Å². The lowest BCUT2D eigenvalue weighted by molar-refractivity contribution is 0.166. The van der Waals surface area contributed by atoms with Crippen LogP contribution in [0.25, 0.3) is 0 Å². The van der Waals surface area contributed by atoms with Gasteiger partial charge in [0.2, 0.25) is 0 Å². The first-order valence-corrected chi connectivity index (χ1v) is 5.62. The number of aromatic nitrogens is 1. The van der Waals surface area contributed by atoms with Gasteiger partial charge in [0, 0.05) is 28.9 Å². The van der Waals surface area contributed by atoms with E-state index in [0.29, 0.717) is 12.5 Å². The second-order valence-electron chi connectivity index (χ2n) is 2.33. The Hall–Kier alpha value is -0.250. The van der Waals surface area contributed by atoms with Crippen molar-refractivity contribution in [3.8, 4) is 0 Å². The molecule has 0 radical (unpaired) electrons. The molecule has 1 aromatic heterocycles. The molecule has 0 bridgehead atoms. The summed E-state index contributed by atoms with van der Waals surface area (Å²) in [6.45, 7) is 1.39. The molecule has 0 N–H and O–H groups in total. The van der Waals surface area contributed by atoms with Gasteiger partial charge in [0.1, 0.15) is 0 Å². The van der Waals surface area contributed by atoms with Crippen molar-refractivity contribution in [2.75, 3.05) is 24.8 Å². The second-order valence-corrected chi connectivity index (χ2v) is 3.88. The van der Waals surface area contributed by atoms with Crippen molar-refractivity contribution in [1.29, 1.82) is 0 Å². The molecule has 0 saturated heterocycles. The fourth-order valence-corrected chi connectivity index (χ4v) is 1.67. The monoisotopic (exact) mass is 217 g/mol.